The van der Waals surface area contributed by atoms with Crippen LogP contribution in [0.15, 0.2) is 59.7 Å². The van der Waals surface area contributed by atoms with Crippen molar-refractivity contribution in [1.82, 2.24) is 29.3 Å². The van der Waals surface area contributed by atoms with E-state index in [1.54, 1.807) is 22.9 Å². The van der Waals surface area contributed by atoms with E-state index in [4.69, 9.17) is 15.1 Å². The van der Waals surface area contributed by atoms with Gasteiger partial charge >= 0.3 is 0 Å². The van der Waals surface area contributed by atoms with Gasteiger partial charge in [0.05, 0.1) is 30.7 Å². The maximum atomic E-state index is 14.1. The summed E-state index contributed by atoms with van der Waals surface area (Å²) >= 11 is 0. The number of aliphatic hydroxyl groups is 1. The third-order valence-electron chi connectivity index (χ3n) is 8.67. The highest BCUT2D eigenvalue weighted by Crippen LogP contribution is 2.26. The van der Waals surface area contributed by atoms with Gasteiger partial charge in [0.2, 0.25) is 5.95 Å². The van der Waals surface area contributed by atoms with E-state index < -0.39 is 0 Å². The van der Waals surface area contributed by atoms with E-state index in [0.717, 1.165) is 55.4 Å². The van der Waals surface area contributed by atoms with Gasteiger partial charge in [-0.3, -0.25) is 19.2 Å². The Morgan fingerprint density at radius 2 is 1.85 bits per heavy atom. The zero-order valence-electron chi connectivity index (χ0n) is 26.4. The molecule has 0 saturated carbocycles. The number of nitrogens with zero attached hydrogens (tertiary/aromatic N) is 6. The molecule has 1 atom stereocenters. The second-order valence-electron chi connectivity index (χ2n) is 11.9. The summed E-state index contributed by atoms with van der Waals surface area (Å²) in [6.07, 6.45) is 6.00. The summed E-state index contributed by atoms with van der Waals surface area (Å²) in [4.78, 5) is 32.8. The molecule has 0 spiro atoms. The average Bonchev–Trinajstić information content (AvgIpc) is 3.06. The number of piperidine rings is 1. The molecule has 240 valence electrons. The Morgan fingerprint density at radius 3 is 2.57 bits per heavy atom. The molecular weight excluding hydrogens is 582 g/mol. The van der Waals surface area contributed by atoms with Crippen LogP contribution in [0, 0.1) is 12.3 Å². The van der Waals surface area contributed by atoms with Crippen molar-refractivity contribution in [2.24, 2.45) is 0 Å². The predicted octanol–water partition coefficient (Wildman–Crippen LogP) is 4.29. The lowest BCUT2D eigenvalue weighted by atomic mass is 10.0. The van der Waals surface area contributed by atoms with Gasteiger partial charge in [-0.2, -0.15) is 4.98 Å². The molecule has 0 aliphatic carbocycles. The number of benzene rings is 1. The number of rotatable bonds is 10. The summed E-state index contributed by atoms with van der Waals surface area (Å²) in [6, 6.07) is 13.9. The van der Waals surface area contributed by atoms with Gasteiger partial charge in [0.1, 0.15) is 5.65 Å². The zero-order chi connectivity index (χ0) is 32.0. The predicted molar refractivity (Wildman–Crippen MR) is 182 cm³/mol. The van der Waals surface area contributed by atoms with Crippen LogP contribution < -0.4 is 16.2 Å². The van der Waals surface area contributed by atoms with Crippen molar-refractivity contribution in [3.05, 3.63) is 76.7 Å². The van der Waals surface area contributed by atoms with Crippen LogP contribution in [0.4, 0.5) is 17.3 Å². The molecule has 46 heavy (non-hydrogen) atoms. The lowest BCUT2D eigenvalue weighted by Crippen LogP contribution is -2.39. The fraction of sp³-hybridized carbons (Fsp3) is 0.382. The van der Waals surface area contributed by atoms with E-state index in [1.165, 1.54) is 12.8 Å². The van der Waals surface area contributed by atoms with Crippen molar-refractivity contribution >= 4 is 40.1 Å². The average molecular weight is 624 g/mol. The molecule has 4 aromatic rings. The standard InChI is InChI=1S/C34H41N9O3/c1-23-29(9-10-31(37-23)25(19-35)22-44)30-18-24-20-36-34(40-32(24)43(33(30)45)13-12-42-14-16-46-17-15-42)39-27-7-5-26(6-8-27)38-28-4-3-11-41(2)21-28/h5-10,18-20,22,28,35,38,44H,3-4,11-17,21H2,1-2H3,(H,36,39,40)/b25-22+,35-19?. The van der Waals surface area contributed by atoms with Crippen LogP contribution in [0.2, 0.25) is 0 Å². The summed E-state index contributed by atoms with van der Waals surface area (Å²) in [7, 11) is 2.16. The van der Waals surface area contributed by atoms with E-state index in [0.29, 0.717) is 66.5 Å². The van der Waals surface area contributed by atoms with E-state index in [9.17, 15) is 9.90 Å². The molecule has 12 heteroatoms. The number of likely N-dealkylation sites (N-methyl/N-ethyl adjacent to an activating group) is 1. The Morgan fingerprint density at radius 1 is 1.07 bits per heavy atom. The number of nitrogens with one attached hydrogen (secondary N) is 3. The molecule has 0 amide bonds. The zero-order valence-corrected chi connectivity index (χ0v) is 26.4. The van der Waals surface area contributed by atoms with Gasteiger partial charge in [-0.15, -0.1) is 0 Å². The molecule has 5 heterocycles. The lowest BCUT2D eigenvalue weighted by molar-refractivity contribution is 0.0364. The topological polar surface area (TPSA) is 145 Å². The second-order valence-corrected chi connectivity index (χ2v) is 11.9. The van der Waals surface area contributed by atoms with Gasteiger partial charge in [-0.1, -0.05) is 6.07 Å². The number of aromatic nitrogens is 4. The molecule has 12 nitrogen and oxygen atoms in total. The highest BCUT2D eigenvalue weighted by atomic mass is 16.5. The molecule has 1 aromatic carbocycles. The number of allylic oxidation sites excluding steroid dienone is 1. The van der Waals surface area contributed by atoms with Crippen molar-refractivity contribution in [2.45, 2.75) is 32.4 Å². The molecule has 2 aliphatic heterocycles. The third kappa shape index (κ3) is 7.09. The molecule has 3 aromatic heterocycles. The van der Waals surface area contributed by atoms with Crippen molar-refractivity contribution < 1.29 is 9.84 Å². The van der Waals surface area contributed by atoms with Crippen LogP contribution >= 0.6 is 0 Å². The number of fused-ring (bicyclic) bond motifs is 1. The van der Waals surface area contributed by atoms with E-state index in [-0.39, 0.29) is 11.1 Å². The van der Waals surface area contributed by atoms with Crippen molar-refractivity contribution in [1.29, 1.82) is 5.41 Å². The lowest BCUT2D eigenvalue weighted by Gasteiger charge is -2.30. The summed E-state index contributed by atoms with van der Waals surface area (Å²) < 4.78 is 7.24. The van der Waals surface area contributed by atoms with Crippen LogP contribution in [0.5, 0.6) is 0 Å². The SMILES string of the molecule is Cc1nc(/C(C=N)=C/O)ccc1-c1cc2cnc(Nc3ccc(NC4CCCN(C)C4)cc3)nc2n(CCN2CCOCC2)c1=O. The van der Waals surface area contributed by atoms with Gasteiger partial charge in [-0.25, -0.2) is 4.98 Å². The van der Waals surface area contributed by atoms with Crippen molar-refractivity contribution in [2.75, 3.05) is 63.6 Å². The molecule has 0 radical (unpaired) electrons. The highest BCUT2D eigenvalue weighted by molar-refractivity contribution is 6.07. The minimum absolute atomic E-state index is 0.170. The van der Waals surface area contributed by atoms with Crippen molar-refractivity contribution in [3.8, 4) is 11.1 Å². The summed E-state index contributed by atoms with van der Waals surface area (Å²) in [5.41, 5.74) is 4.83. The molecule has 0 bridgehead atoms. The molecule has 2 fully saturated rings. The number of aliphatic hydroxyl groups excluding tert-OH is 1. The summed E-state index contributed by atoms with van der Waals surface area (Å²) in [5.74, 6) is 0.409. The fourth-order valence-electron chi connectivity index (χ4n) is 6.17. The van der Waals surface area contributed by atoms with E-state index >= 15 is 0 Å². The first-order valence-corrected chi connectivity index (χ1v) is 15.8. The smallest absolute Gasteiger partial charge is 0.260 e. The normalized spacial score (nSPS) is 18.0. The van der Waals surface area contributed by atoms with Crippen molar-refractivity contribution in [3.63, 3.8) is 0 Å². The van der Waals surface area contributed by atoms with Crippen LogP contribution in [-0.4, -0.2) is 99.7 Å². The first-order valence-electron chi connectivity index (χ1n) is 15.8. The van der Waals surface area contributed by atoms with Gasteiger partial charge in [0.15, 0.2) is 0 Å². The Labute approximate surface area is 268 Å². The molecule has 2 saturated heterocycles. The third-order valence-corrected chi connectivity index (χ3v) is 8.67. The van der Waals surface area contributed by atoms with Gasteiger partial charge < -0.3 is 30.8 Å². The number of aryl methyl sites for hydroxylation is 1. The molecular formula is C34H41N9O3. The number of hydrogen-bond donors (Lipinski definition) is 4. The van der Waals surface area contributed by atoms with Gasteiger partial charge in [0.25, 0.3) is 5.56 Å². The molecule has 4 N–H and O–H groups in total. The number of morpholine rings is 1. The largest absolute Gasteiger partial charge is 0.515 e. The fourth-order valence-corrected chi connectivity index (χ4v) is 6.17. The molecule has 2 aliphatic rings. The number of anilines is 3. The summed E-state index contributed by atoms with van der Waals surface area (Å²) in [5, 5.41) is 24.7. The molecule has 6 rings (SSSR count). The van der Waals surface area contributed by atoms with Crippen LogP contribution in [0.1, 0.15) is 24.2 Å². The minimum atomic E-state index is -0.170. The van der Waals surface area contributed by atoms with Crippen LogP contribution in [0.25, 0.3) is 27.7 Å². The Bertz CT molecular complexity index is 1780. The molecule has 1 unspecified atom stereocenters. The number of likely N-dealkylation sites (tertiary alicyclic amines) is 1. The minimum Gasteiger partial charge on any atom is -0.515 e. The quantitative estimate of drug-likeness (QED) is 0.149. The number of hydrogen-bond acceptors (Lipinski definition) is 11. The Kier molecular flexibility index (Phi) is 9.67. The van der Waals surface area contributed by atoms with Gasteiger partial charge in [0, 0.05) is 84.8 Å². The monoisotopic (exact) mass is 623 g/mol. The van der Waals surface area contributed by atoms with E-state index in [1.807, 2.05) is 25.1 Å². The van der Waals surface area contributed by atoms with Gasteiger partial charge in [-0.05, 0) is 69.8 Å². The summed E-state index contributed by atoms with van der Waals surface area (Å²) in [6.45, 7) is 8.11. The number of ether oxygens (including phenoxy) is 1. The van der Waals surface area contributed by atoms with E-state index in [2.05, 4.69) is 49.6 Å². The first-order chi connectivity index (χ1) is 22.4. The highest BCUT2D eigenvalue weighted by Gasteiger charge is 2.19. The maximum Gasteiger partial charge on any atom is 0.260 e. The Balaban J connectivity index is 1.30. The maximum absolute atomic E-state index is 14.1. The Hall–Kier alpha value is -4.65. The van der Waals surface area contributed by atoms with Crippen LogP contribution in [0.3, 0.4) is 0 Å². The van der Waals surface area contributed by atoms with Crippen LogP contribution in [-0.2, 0) is 11.3 Å². The second kappa shape index (κ2) is 14.2. The first kappa shape index (κ1) is 31.3. The number of pyridine rings is 2.